The third kappa shape index (κ3) is 9.75. The molecule has 294 valence electrons. The lowest BCUT2D eigenvalue weighted by Crippen LogP contribution is -2.61. The van der Waals surface area contributed by atoms with Gasteiger partial charge in [0.2, 0.25) is 17.7 Å². The molecule has 4 aliphatic rings. The van der Waals surface area contributed by atoms with Crippen LogP contribution in [0.4, 0.5) is 0 Å². The van der Waals surface area contributed by atoms with E-state index in [0.717, 1.165) is 121 Å². The Kier molecular flexibility index (Phi) is 13.6. The SMILES string of the molecule is C#CCCCCC(=O)N1CC2(CCN(CCCC(=O)N3CCc4c(nc(C)n4C(C)CC4CCC(C)N4CCC(NC(C)=O)c4ccccc4)C3)CC2)C1. The molecule has 0 saturated carbocycles. The van der Waals surface area contributed by atoms with E-state index in [4.69, 9.17) is 11.4 Å². The summed E-state index contributed by atoms with van der Waals surface area (Å²) in [7, 11) is 0. The fraction of sp³-hybridized carbons (Fsp3) is 0.682. The molecule has 1 aromatic heterocycles. The topological polar surface area (TPSA) is 94.0 Å². The number of likely N-dealkylation sites (tertiary alicyclic amines) is 3. The molecule has 0 bridgehead atoms. The number of imidazole rings is 1. The first-order valence-electron chi connectivity index (χ1n) is 20.9. The second kappa shape index (κ2) is 18.3. The summed E-state index contributed by atoms with van der Waals surface area (Å²) < 4.78 is 2.46. The third-order valence-corrected chi connectivity index (χ3v) is 13.0. The second-order valence-electron chi connectivity index (χ2n) is 16.9. The highest BCUT2D eigenvalue weighted by atomic mass is 16.2. The fourth-order valence-electron chi connectivity index (χ4n) is 9.93. The van der Waals surface area contributed by atoms with Crippen LogP contribution in [0.3, 0.4) is 0 Å². The third-order valence-electron chi connectivity index (χ3n) is 13.0. The van der Waals surface area contributed by atoms with Crippen molar-refractivity contribution in [1.82, 2.24) is 34.5 Å². The molecule has 10 nitrogen and oxygen atoms in total. The van der Waals surface area contributed by atoms with Gasteiger partial charge < -0.3 is 24.6 Å². The van der Waals surface area contributed by atoms with Gasteiger partial charge in [0.15, 0.2) is 0 Å². The molecule has 3 saturated heterocycles. The molecule has 4 unspecified atom stereocenters. The van der Waals surface area contributed by atoms with Crippen molar-refractivity contribution in [3.05, 3.63) is 53.1 Å². The monoisotopic (exact) mass is 740 g/mol. The van der Waals surface area contributed by atoms with E-state index >= 15 is 0 Å². The van der Waals surface area contributed by atoms with Crippen LogP contribution in [0, 0.1) is 24.7 Å². The smallest absolute Gasteiger partial charge is 0.222 e. The van der Waals surface area contributed by atoms with Crippen molar-refractivity contribution in [3.63, 3.8) is 0 Å². The first-order valence-corrected chi connectivity index (χ1v) is 20.9. The number of aryl methyl sites for hydroxylation is 1. The predicted molar refractivity (Wildman–Crippen MR) is 213 cm³/mol. The summed E-state index contributed by atoms with van der Waals surface area (Å²) in [5.74, 6) is 4.25. The summed E-state index contributed by atoms with van der Waals surface area (Å²) in [4.78, 5) is 52.3. The Balaban J connectivity index is 0.934. The first kappa shape index (κ1) is 40.0. The van der Waals surface area contributed by atoms with Gasteiger partial charge in [-0.2, -0.15) is 0 Å². The van der Waals surface area contributed by atoms with E-state index in [-0.39, 0.29) is 23.8 Å². The van der Waals surface area contributed by atoms with Gasteiger partial charge in [0, 0.05) is 88.0 Å². The Morgan fingerprint density at radius 1 is 0.981 bits per heavy atom. The van der Waals surface area contributed by atoms with E-state index in [0.29, 0.717) is 42.9 Å². The molecule has 6 rings (SSSR count). The van der Waals surface area contributed by atoms with Crippen molar-refractivity contribution in [2.75, 3.05) is 45.8 Å². The highest BCUT2D eigenvalue weighted by Crippen LogP contribution is 2.41. The van der Waals surface area contributed by atoms with Gasteiger partial charge in [0.25, 0.3) is 0 Å². The summed E-state index contributed by atoms with van der Waals surface area (Å²) in [5.41, 5.74) is 3.84. The van der Waals surface area contributed by atoms with Crippen LogP contribution in [0.5, 0.6) is 0 Å². The van der Waals surface area contributed by atoms with Gasteiger partial charge in [-0.25, -0.2) is 4.98 Å². The van der Waals surface area contributed by atoms with Gasteiger partial charge in [-0.3, -0.25) is 19.3 Å². The van der Waals surface area contributed by atoms with Crippen molar-refractivity contribution in [1.29, 1.82) is 0 Å². The van der Waals surface area contributed by atoms with Crippen LogP contribution in [0.2, 0.25) is 0 Å². The molecule has 0 aliphatic carbocycles. The number of benzene rings is 1. The predicted octanol–water partition coefficient (Wildman–Crippen LogP) is 6.05. The Morgan fingerprint density at radius 2 is 1.70 bits per heavy atom. The number of nitrogens with zero attached hydrogens (tertiary/aromatic N) is 6. The number of unbranched alkanes of at least 4 members (excludes halogenated alkanes) is 2. The molecule has 2 aromatic rings. The molecule has 3 fully saturated rings. The summed E-state index contributed by atoms with van der Waals surface area (Å²) in [6, 6.07) is 11.7. The number of carbonyl (C=O) groups excluding carboxylic acids is 3. The Morgan fingerprint density at radius 3 is 2.43 bits per heavy atom. The summed E-state index contributed by atoms with van der Waals surface area (Å²) >= 11 is 0. The van der Waals surface area contributed by atoms with Crippen molar-refractivity contribution >= 4 is 17.7 Å². The zero-order valence-electron chi connectivity index (χ0n) is 33.5. The lowest BCUT2D eigenvalue weighted by atomic mass is 9.72. The van der Waals surface area contributed by atoms with Crippen molar-refractivity contribution < 1.29 is 14.4 Å². The number of piperidine rings is 1. The quantitative estimate of drug-likeness (QED) is 0.167. The van der Waals surface area contributed by atoms with Gasteiger partial charge in [-0.05, 0) is 104 Å². The number of hydrogen-bond acceptors (Lipinski definition) is 6. The van der Waals surface area contributed by atoms with E-state index in [1.54, 1.807) is 6.92 Å². The van der Waals surface area contributed by atoms with Gasteiger partial charge in [0.1, 0.15) is 5.82 Å². The number of nitrogens with one attached hydrogen (secondary N) is 1. The van der Waals surface area contributed by atoms with Crippen molar-refractivity contribution in [3.8, 4) is 12.3 Å². The van der Waals surface area contributed by atoms with Crippen LogP contribution >= 0.6 is 0 Å². The standard InChI is InChI=1S/C44H65N7O3/c1-6-7-8-12-16-43(54)49-31-44(32-49)22-27-47(28-23-44)24-13-17-42(53)48-25-21-41-40(30-48)45-35(4)51(41)34(3)29-38-19-18-33(2)50(38)26-20-39(46-36(5)52)37-14-10-9-11-15-37/h1,9-11,14-15,33-34,38-39H,7-8,12-13,16-32H2,2-5H3,(H,46,52). The van der Waals surface area contributed by atoms with Gasteiger partial charge in [-0.15, -0.1) is 12.3 Å². The molecular formula is C44H65N7O3. The highest BCUT2D eigenvalue weighted by Gasteiger charge is 2.46. The summed E-state index contributed by atoms with van der Waals surface area (Å²) in [6.45, 7) is 15.6. The van der Waals surface area contributed by atoms with Crippen LogP contribution in [-0.2, 0) is 27.3 Å². The molecule has 3 amide bonds. The van der Waals surface area contributed by atoms with E-state index in [1.165, 1.54) is 18.5 Å². The number of rotatable bonds is 16. The molecule has 4 atom stereocenters. The minimum Gasteiger partial charge on any atom is -0.349 e. The second-order valence-corrected chi connectivity index (χ2v) is 16.9. The van der Waals surface area contributed by atoms with Gasteiger partial charge in [-0.1, -0.05) is 30.3 Å². The van der Waals surface area contributed by atoms with Crippen LogP contribution in [0.25, 0.3) is 0 Å². The van der Waals surface area contributed by atoms with E-state index < -0.39 is 0 Å². The number of aromatic nitrogens is 2. The first-order chi connectivity index (χ1) is 26.1. The molecule has 1 aromatic carbocycles. The molecular weight excluding hydrogens is 675 g/mol. The number of hydrogen-bond donors (Lipinski definition) is 1. The molecule has 5 heterocycles. The van der Waals surface area contributed by atoms with Gasteiger partial charge in [0.05, 0.1) is 18.3 Å². The summed E-state index contributed by atoms with van der Waals surface area (Å²) in [5, 5.41) is 3.19. The van der Waals surface area contributed by atoms with Crippen LogP contribution in [-0.4, -0.2) is 105 Å². The maximum absolute atomic E-state index is 13.4. The van der Waals surface area contributed by atoms with Crippen LogP contribution in [0.1, 0.15) is 133 Å². The number of fused-ring (bicyclic) bond motifs is 1. The van der Waals surface area contributed by atoms with Gasteiger partial charge >= 0.3 is 0 Å². The Bertz CT molecular complexity index is 1620. The molecule has 10 heteroatoms. The summed E-state index contributed by atoms with van der Waals surface area (Å²) in [6.07, 6.45) is 17.5. The Hall–Kier alpha value is -3.68. The van der Waals surface area contributed by atoms with Crippen molar-refractivity contribution in [2.24, 2.45) is 5.41 Å². The van der Waals surface area contributed by atoms with E-state index in [9.17, 15) is 14.4 Å². The van der Waals surface area contributed by atoms with Crippen molar-refractivity contribution in [2.45, 2.75) is 142 Å². The van der Waals surface area contributed by atoms with E-state index in [2.05, 4.69) is 58.5 Å². The molecule has 4 aliphatic heterocycles. The fourth-order valence-corrected chi connectivity index (χ4v) is 9.93. The molecule has 54 heavy (non-hydrogen) atoms. The highest BCUT2D eigenvalue weighted by molar-refractivity contribution is 5.77. The van der Waals surface area contributed by atoms with Crippen LogP contribution in [0.15, 0.2) is 30.3 Å². The minimum absolute atomic E-state index is 0.0102. The van der Waals surface area contributed by atoms with Crippen LogP contribution < -0.4 is 5.32 Å². The largest absolute Gasteiger partial charge is 0.349 e. The average molecular weight is 740 g/mol. The normalized spacial score (nSPS) is 22.4. The lowest BCUT2D eigenvalue weighted by molar-refractivity contribution is -0.146. The maximum Gasteiger partial charge on any atom is 0.222 e. The number of carbonyl (C=O) groups is 3. The molecule has 1 N–H and O–H groups in total. The number of terminal acetylenes is 1. The zero-order chi connectivity index (χ0) is 38.2. The minimum atomic E-state index is 0.0102. The maximum atomic E-state index is 13.4. The van der Waals surface area contributed by atoms with E-state index in [1.807, 2.05) is 28.0 Å². The number of amides is 3. The zero-order valence-corrected chi connectivity index (χ0v) is 33.5. The Labute approximate surface area is 324 Å². The molecule has 0 radical (unpaired) electrons. The lowest BCUT2D eigenvalue weighted by Gasteiger charge is -2.54. The average Bonchev–Trinajstić information content (AvgIpc) is 3.67. The molecule has 1 spiro atoms.